The van der Waals surface area contributed by atoms with Crippen LogP contribution in [-0.4, -0.2) is 34.3 Å². The van der Waals surface area contributed by atoms with E-state index < -0.39 is 18.0 Å². The third-order valence-electron chi connectivity index (χ3n) is 5.24. The van der Waals surface area contributed by atoms with Gasteiger partial charge in [0.05, 0.1) is 31.4 Å². The number of hydrogen-bond acceptors (Lipinski definition) is 4. The van der Waals surface area contributed by atoms with Crippen LogP contribution in [0.3, 0.4) is 0 Å². The number of nitrogens with one attached hydrogen (secondary N) is 1. The second-order valence-corrected chi connectivity index (χ2v) is 7.62. The Hall–Kier alpha value is -2.68. The highest BCUT2D eigenvalue weighted by molar-refractivity contribution is 5.31. The Morgan fingerprint density at radius 1 is 1.19 bits per heavy atom. The van der Waals surface area contributed by atoms with Crippen LogP contribution in [0, 0.1) is 6.92 Å². The topological polar surface area (TPSA) is 50.4 Å². The van der Waals surface area contributed by atoms with Gasteiger partial charge in [-0.1, -0.05) is 42.0 Å². The molecule has 1 aliphatic heterocycles. The van der Waals surface area contributed by atoms with Crippen LogP contribution in [0.25, 0.3) is 0 Å². The van der Waals surface area contributed by atoms with E-state index in [4.69, 9.17) is 9.47 Å². The van der Waals surface area contributed by atoms with Gasteiger partial charge in [-0.25, -0.2) is 4.98 Å². The van der Waals surface area contributed by atoms with Crippen molar-refractivity contribution in [3.8, 4) is 0 Å². The first kappa shape index (κ1) is 21.5. The number of H-pyrrole nitrogens is 1. The molecule has 31 heavy (non-hydrogen) atoms. The first-order chi connectivity index (χ1) is 14.9. The van der Waals surface area contributed by atoms with E-state index in [1.807, 2.05) is 30.3 Å². The van der Waals surface area contributed by atoms with Gasteiger partial charge in [0, 0.05) is 18.9 Å². The third-order valence-corrected chi connectivity index (χ3v) is 5.24. The van der Waals surface area contributed by atoms with E-state index in [-0.39, 0.29) is 12.6 Å². The molecule has 2 unspecified atom stereocenters. The maximum absolute atomic E-state index is 13.2. The number of aryl methyl sites for hydroxylation is 1. The summed E-state index contributed by atoms with van der Waals surface area (Å²) in [5.41, 5.74) is 1.34. The highest BCUT2D eigenvalue weighted by atomic mass is 19.4. The van der Waals surface area contributed by atoms with E-state index in [0.29, 0.717) is 30.8 Å². The fourth-order valence-corrected chi connectivity index (χ4v) is 3.89. The molecule has 1 aromatic heterocycles. The number of morpholine rings is 1. The molecular weight excluding hydrogens is 407 g/mol. The molecule has 0 spiro atoms. The number of benzene rings is 2. The van der Waals surface area contributed by atoms with Gasteiger partial charge in [-0.2, -0.15) is 13.2 Å². The van der Waals surface area contributed by atoms with Crippen LogP contribution >= 0.6 is 0 Å². The van der Waals surface area contributed by atoms with Gasteiger partial charge in [0.2, 0.25) is 0 Å². The van der Waals surface area contributed by atoms with Crippen LogP contribution in [0.15, 0.2) is 60.9 Å². The molecule has 5 nitrogen and oxygen atoms in total. The predicted octanol–water partition coefficient (Wildman–Crippen LogP) is 4.85. The number of aromatic amines is 1. The summed E-state index contributed by atoms with van der Waals surface area (Å²) in [6, 6.07) is 13.6. The van der Waals surface area contributed by atoms with Crippen molar-refractivity contribution in [3.05, 3.63) is 89.0 Å². The van der Waals surface area contributed by atoms with Crippen molar-refractivity contribution in [3.63, 3.8) is 0 Å². The Balaban J connectivity index is 1.55. The molecule has 1 N–H and O–H groups in total. The number of halogens is 3. The highest BCUT2D eigenvalue weighted by Crippen LogP contribution is 2.33. The van der Waals surface area contributed by atoms with Crippen molar-refractivity contribution in [1.82, 2.24) is 14.9 Å². The summed E-state index contributed by atoms with van der Waals surface area (Å²) < 4.78 is 51.5. The molecular formula is C23H24F3N3O2. The summed E-state index contributed by atoms with van der Waals surface area (Å²) in [4.78, 5) is 9.64. The van der Waals surface area contributed by atoms with Gasteiger partial charge < -0.3 is 14.5 Å². The second-order valence-electron chi connectivity index (χ2n) is 7.62. The Morgan fingerprint density at radius 3 is 2.71 bits per heavy atom. The van der Waals surface area contributed by atoms with Gasteiger partial charge >= 0.3 is 6.18 Å². The summed E-state index contributed by atoms with van der Waals surface area (Å²) >= 11 is 0. The van der Waals surface area contributed by atoms with E-state index in [1.165, 1.54) is 0 Å². The lowest BCUT2D eigenvalue weighted by Gasteiger charge is -2.40. The third kappa shape index (κ3) is 5.33. The van der Waals surface area contributed by atoms with E-state index in [0.717, 1.165) is 23.5 Å². The van der Waals surface area contributed by atoms with E-state index in [1.54, 1.807) is 25.4 Å². The van der Waals surface area contributed by atoms with E-state index >= 15 is 0 Å². The lowest BCUT2D eigenvalue weighted by atomic mass is 10.0. The average Bonchev–Trinajstić information content (AvgIpc) is 3.25. The van der Waals surface area contributed by atoms with Crippen molar-refractivity contribution in [2.45, 2.75) is 38.6 Å². The summed E-state index contributed by atoms with van der Waals surface area (Å²) in [7, 11) is 0. The molecule has 4 rings (SSSR count). The normalized spacial score (nSPS) is 20.1. The van der Waals surface area contributed by atoms with E-state index in [9.17, 15) is 13.2 Å². The smallest absolute Gasteiger partial charge is 0.349 e. The zero-order chi connectivity index (χ0) is 21.8. The van der Waals surface area contributed by atoms with Crippen molar-refractivity contribution < 1.29 is 22.6 Å². The van der Waals surface area contributed by atoms with Crippen LogP contribution in [-0.2, 0) is 28.8 Å². The molecule has 164 valence electrons. The number of ether oxygens (including phenoxy) is 2. The number of hydrogen-bond donors (Lipinski definition) is 1. The van der Waals surface area contributed by atoms with Gasteiger partial charge in [-0.05, 0) is 30.2 Å². The molecule has 8 heteroatoms. The Kier molecular flexibility index (Phi) is 6.41. The fourth-order valence-electron chi connectivity index (χ4n) is 3.89. The molecule has 2 heterocycles. The largest absolute Gasteiger partial charge is 0.416 e. The molecule has 0 aliphatic carbocycles. The Bertz CT molecular complexity index is 977. The van der Waals surface area contributed by atoms with Crippen LogP contribution in [0.5, 0.6) is 0 Å². The standard InChI is InChI=1S/C23H24F3N3O2/c1-16-11-17(13-19(12-16)23(24,25)26)15-31-22-21(18-5-3-2-4-6-18)29(9-10-30-22)14-20-27-7-8-28-20/h2-8,11-13,21-22H,9-10,14-15H2,1H3,(H,27,28). The van der Waals surface area contributed by atoms with Crippen LogP contribution < -0.4 is 0 Å². The second kappa shape index (κ2) is 9.21. The quantitative estimate of drug-likeness (QED) is 0.606. The molecule has 2 atom stereocenters. The molecule has 0 saturated carbocycles. The number of alkyl halides is 3. The molecule has 1 saturated heterocycles. The van der Waals surface area contributed by atoms with Crippen LogP contribution in [0.2, 0.25) is 0 Å². The lowest BCUT2D eigenvalue weighted by Crippen LogP contribution is -2.46. The molecule has 1 aliphatic rings. The molecule has 0 radical (unpaired) electrons. The molecule has 0 amide bonds. The number of nitrogens with zero attached hydrogens (tertiary/aromatic N) is 2. The first-order valence-electron chi connectivity index (χ1n) is 10.1. The van der Waals surface area contributed by atoms with E-state index in [2.05, 4.69) is 14.9 Å². The number of imidazole rings is 1. The van der Waals surface area contributed by atoms with Crippen LogP contribution in [0.1, 0.15) is 34.1 Å². The lowest BCUT2D eigenvalue weighted by molar-refractivity contribution is -0.218. The monoisotopic (exact) mass is 431 g/mol. The summed E-state index contributed by atoms with van der Waals surface area (Å²) in [6.07, 6.45) is -1.54. The SMILES string of the molecule is Cc1cc(COC2OCCN(Cc3ncc[nH]3)C2c2ccccc2)cc(C(F)(F)F)c1. The highest BCUT2D eigenvalue weighted by Gasteiger charge is 2.35. The molecule has 2 aromatic carbocycles. The zero-order valence-corrected chi connectivity index (χ0v) is 17.1. The van der Waals surface area contributed by atoms with Crippen molar-refractivity contribution in [2.24, 2.45) is 0 Å². The summed E-state index contributed by atoms with van der Waals surface area (Å²) in [5.74, 6) is 0.829. The Labute approximate surface area is 178 Å². The molecule has 0 bridgehead atoms. The number of rotatable bonds is 6. The minimum absolute atomic E-state index is 0.0212. The maximum Gasteiger partial charge on any atom is 0.416 e. The van der Waals surface area contributed by atoms with Crippen molar-refractivity contribution in [1.29, 1.82) is 0 Å². The predicted molar refractivity (Wildman–Crippen MR) is 109 cm³/mol. The van der Waals surface area contributed by atoms with Crippen molar-refractivity contribution in [2.75, 3.05) is 13.2 Å². The first-order valence-corrected chi connectivity index (χ1v) is 10.1. The van der Waals surface area contributed by atoms with Gasteiger partial charge in [-0.15, -0.1) is 0 Å². The Morgan fingerprint density at radius 2 is 2.00 bits per heavy atom. The maximum atomic E-state index is 13.2. The van der Waals surface area contributed by atoms with Crippen molar-refractivity contribution >= 4 is 0 Å². The van der Waals surface area contributed by atoms with Crippen LogP contribution in [0.4, 0.5) is 13.2 Å². The van der Waals surface area contributed by atoms with Gasteiger partial charge in [0.15, 0.2) is 6.29 Å². The molecule has 1 fully saturated rings. The number of aromatic nitrogens is 2. The fraction of sp³-hybridized carbons (Fsp3) is 0.348. The minimum atomic E-state index is -4.39. The minimum Gasteiger partial charge on any atom is -0.349 e. The summed E-state index contributed by atoms with van der Waals surface area (Å²) in [5, 5.41) is 0. The molecule has 3 aromatic rings. The van der Waals surface area contributed by atoms with Gasteiger partial charge in [0.25, 0.3) is 0 Å². The zero-order valence-electron chi connectivity index (χ0n) is 17.1. The van der Waals surface area contributed by atoms with Gasteiger partial charge in [0.1, 0.15) is 5.82 Å². The summed E-state index contributed by atoms with van der Waals surface area (Å²) in [6.45, 7) is 3.39. The van der Waals surface area contributed by atoms with Gasteiger partial charge in [-0.3, -0.25) is 4.90 Å². The average molecular weight is 431 g/mol.